The molecule has 2 heterocycles. The summed E-state index contributed by atoms with van der Waals surface area (Å²) >= 11 is 1.90. The monoisotopic (exact) mass is 613 g/mol. The van der Waals surface area contributed by atoms with E-state index in [9.17, 15) is 22.2 Å². The minimum absolute atomic E-state index is 0.0569. The van der Waals surface area contributed by atoms with Gasteiger partial charge in [-0.05, 0) is 72.3 Å². The van der Waals surface area contributed by atoms with Gasteiger partial charge in [0.15, 0.2) is 12.4 Å². The van der Waals surface area contributed by atoms with Gasteiger partial charge in [-0.2, -0.15) is 8.42 Å². The van der Waals surface area contributed by atoms with Crippen LogP contribution in [-0.4, -0.2) is 65.4 Å². The topological polar surface area (TPSA) is 100 Å². The molecular weight excluding hydrogens is 588 g/mol. The first-order valence-corrected chi connectivity index (χ1v) is 13.5. The lowest BCUT2D eigenvalue weighted by Crippen LogP contribution is -2.58. The normalized spacial score (nSPS) is 19.2. The van der Waals surface area contributed by atoms with E-state index in [1.807, 2.05) is 36.4 Å². The predicted molar refractivity (Wildman–Crippen MR) is 137 cm³/mol. The molecule has 4 rings (SSSR count). The predicted octanol–water partition coefficient (Wildman–Crippen LogP) is 3.73. The Kier molecular flexibility index (Phi) is 7.60. The van der Waals surface area contributed by atoms with Crippen LogP contribution in [0.25, 0.3) is 10.9 Å². The Balaban J connectivity index is 1.46. The summed E-state index contributed by atoms with van der Waals surface area (Å²) in [4.78, 5) is 21.1. The van der Waals surface area contributed by atoms with E-state index in [-0.39, 0.29) is 52.0 Å². The number of hydrogen-bond acceptors (Lipinski definition) is 6. The van der Waals surface area contributed by atoms with Gasteiger partial charge in [-0.1, -0.05) is 12.1 Å². The zero-order valence-corrected chi connectivity index (χ0v) is 22.2. The van der Waals surface area contributed by atoms with Crippen molar-refractivity contribution in [1.29, 1.82) is 0 Å². The first-order chi connectivity index (χ1) is 16.5. The highest BCUT2D eigenvalue weighted by Gasteiger charge is 2.32. The largest absolute Gasteiger partial charge is 0.480 e. The van der Waals surface area contributed by atoms with E-state index >= 15 is 0 Å². The van der Waals surface area contributed by atoms with E-state index in [0.29, 0.717) is 23.2 Å². The molecule has 8 nitrogen and oxygen atoms in total. The molecule has 0 unspecified atom stereocenters. The van der Waals surface area contributed by atoms with Crippen molar-refractivity contribution < 1.29 is 26.9 Å². The van der Waals surface area contributed by atoms with Crippen LogP contribution in [0.2, 0.25) is 0 Å². The van der Waals surface area contributed by atoms with Crippen LogP contribution in [-0.2, 0) is 21.5 Å². The average molecular weight is 613 g/mol. The Morgan fingerprint density at radius 3 is 2.60 bits per heavy atom. The summed E-state index contributed by atoms with van der Waals surface area (Å²) in [6.45, 7) is 5.63. The number of halogens is 2. The maximum absolute atomic E-state index is 13.2. The number of carbonyl (C=O) groups is 1. The lowest BCUT2D eigenvalue weighted by Gasteiger charge is -2.44. The summed E-state index contributed by atoms with van der Waals surface area (Å²) in [5, 5.41) is 0.217. The van der Waals surface area contributed by atoms with Gasteiger partial charge < -0.3 is 9.64 Å². The highest BCUT2D eigenvalue weighted by molar-refractivity contribution is 14.1. The Labute approximate surface area is 217 Å². The fourth-order valence-corrected chi connectivity index (χ4v) is 5.96. The van der Waals surface area contributed by atoms with Gasteiger partial charge in [-0.15, -0.1) is 0 Å². The van der Waals surface area contributed by atoms with Crippen molar-refractivity contribution in [3.05, 3.63) is 63.6 Å². The lowest BCUT2D eigenvalue weighted by molar-refractivity contribution is -0.139. The second kappa shape index (κ2) is 10.3. The van der Waals surface area contributed by atoms with Gasteiger partial charge >= 0.3 is 0 Å². The number of piperazine rings is 1. The number of aromatic nitrogens is 1. The van der Waals surface area contributed by atoms with Crippen LogP contribution in [0.15, 0.2) is 53.6 Å². The molecular formula is C24H25FIN3O5S. The number of pyridine rings is 1. The smallest absolute Gasteiger partial charge is 0.295 e. The molecule has 0 saturated carbocycles. The molecule has 1 fully saturated rings. The minimum Gasteiger partial charge on any atom is -0.480 e. The second-order valence-corrected chi connectivity index (χ2v) is 11.2. The summed E-state index contributed by atoms with van der Waals surface area (Å²) < 4.78 is 52.7. The molecule has 1 N–H and O–H groups in total. The SMILES string of the molecule is C[C@@H]1CN(C(=O)COc2c(I)cc(S(=O)(=O)O)c3cccnc23)[C@@H](C)CN1Cc1ccc(F)cc1. The first-order valence-electron chi connectivity index (χ1n) is 11.0. The van der Waals surface area contributed by atoms with Gasteiger partial charge in [0.1, 0.15) is 16.2 Å². The van der Waals surface area contributed by atoms with E-state index < -0.39 is 10.1 Å². The van der Waals surface area contributed by atoms with E-state index in [1.54, 1.807) is 23.1 Å². The van der Waals surface area contributed by atoms with Crippen LogP contribution in [0.1, 0.15) is 19.4 Å². The second-order valence-electron chi connectivity index (χ2n) is 8.65. The third-order valence-corrected chi connectivity index (χ3v) is 7.81. The highest BCUT2D eigenvalue weighted by atomic mass is 127. The molecule has 3 aromatic rings. The summed E-state index contributed by atoms with van der Waals surface area (Å²) in [6.07, 6.45) is 1.49. The molecule has 1 amide bonds. The van der Waals surface area contributed by atoms with Crippen LogP contribution in [0, 0.1) is 9.39 Å². The molecule has 2 atom stereocenters. The van der Waals surface area contributed by atoms with E-state index in [4.69, 9.17) is 4.74 Å². The van der Waals surface area contributed by atoms with Gasteiger partial charge in [0.05, 0.1) is 3.57 Å². The number of fused-ring (bicyclic) bond motifs is 1. The van der Waals surface area contributed by atoms with Crippen molar-refractivity contribution in [1.82, 2.24) is 14.8 Å². The summed E-state index contributed by atoms with van der Waals surface area (Å²) in [5.41, 5.74) is 1.27. The van der Waals surface area contributed by atoms with Crippen LogP contribution in [0.5, 0.6) is 5.75 Å². The van der Waals surface area contributed by atoms with E-state index in [2.05, 4.69) is 9.88 Å². The average Bonchev–Trinajstić information content (AvgIpc) is 2.80. The minimum atomic E-state index is -4.46. The van der Waals surface area contributed by atoms with Crippen LogP contribution in [0.3, 0.4) is 0 Å². The van der Waals surface area contributed by atoms with Gasteiger partial charge in [0.2, 0.25) is 0 Å². The standard InChI is InChI=1S/C24H25FIN3O5S/c1-15-12-29(16(2)11-28(15)13-17-5-7-18(25)8-6-17)22(30)14-34-24-20(26)10-21(35(31,32)33)19-4-3-9-27-23(19)24/h3-10,15-16H,11-14H2,1-2H3,(H,31,32,33)/t15-,16+/m1/s1. The van der Waals surface area contributed by atoms with E-state index in [1.165, 1.54) is 30.5 Å². The molecule has 1 aromatic heterocycles. The zero-order chi connectivity index (χ0) is 25.3. The van der Waals surface area contributed by atoms with Crippen molar-refractivity contribution in [2.24, 2.45) is 0 Å². The fraction of sp³-hybridized carbons (Fsp3) is 0.333. The van der Waals surface area contributed by atoms with Crippen LogP contribution in [0.4, 0.5) is 4.39 Å². The maximum Gasteiger partial charge on any atom is 0.295 e. The first kappa shape index (κ1) is 25.7. The molecule has 1 aliphatic rings. The van der Waals surface area contributed by atoms with Crippen molar-refractivity contribution in [2.75, 3.05) is 19.7 Å². The zero-order valence-electron chi connectivity index (χ0n) is 19.2. The summed E-state index contributed by atoms with van der Waals surface area (Å²) in [5.74, 6) is -0.169. The molecule has 186 valence electrons. The molecule has 11 heteroatoms. The Morgan fingerprint density at radius 2 is 1.91 bits per heavy atom. The highest BCUT2D eigenvalue weighted by Crippen LogP contribution is 2.34. The van der Waals surface area contributed by atoms with Gasteiger partial charge in [-0.25, -0.2) is 4.39 Å². The number of rotatable bonds is 6. The summed E-state index contributed by atoms with van der Waals surface area (Å²) in [7, 11) is -4.46. The molecule has 0 bridgehead atoms. The number of hydrogen-bond donors (Lipinski definition) is 1. The molecule has 35 heavy (non-hydrogen) atoms. The van der Waals surface area contributed by atoms with E-state index in [0.717, 1.165) is 5.56 Å². The third kappa shape index (κ3) is 5.74. The molecule has 0 radical (unpaired) electrons. The number of benzene rings is 2. The maximum atomic E-state index is 13.2. The fourth-order valence-electron chi connectivity index (χ4n) is 4.31. The lowest BCUT2D eigenvalue weighted by atomic mass is 10.1. The van der Waals surface area contributed by atoms with Crippen LogP contribution < -0.4 is 4.74 Å². The van der Waals surface area contributed by atoms with Crippen molar-refractivity contribution in [2.45, 2.75) is 37.4 Å². The summed E-state index contributed by atoms with van der Waals surface area (Å²) in [6, 6.07) is 10.9. The van der Waals surface area contributed by atoms with Gasteiger partial charge in [-0.3, -0.25) is 19.2 Å². The third-order valence-electron chi connectivity index (χ3n) is 6.12. The number of ether oxygens (including phenoxy) is 1. The molecule has 0 aliphatic carbocycles. The molecule has 0 spiro atoms. The van der Waals surface area contributed by atoms with Crippen molar-refractivity contribution in [3.63, 3.8) is 0 Å². The molecule has 1 aliphatic heterocycles. The van der Waals surface area contributed by atoms with Gasteiger partial charge in [0.25, 0.3) is 16.0 Å². The number of carbonyl (C=O) groups excluding carboxylic acids is 1. The molecule has 1 saturated heterocycles. The Bertz CT molecular complexity index is 1350. The van der Waals surface area contributed by atoms with Crippen molar-refractivity contribution >= 4 is 49.5 Å². The Morgan fingerprint density at radius 1 is 1.20 bits per heavy atom. The molecule has 2 aromatic carbocycles. The van der Waals surface area contributed by atoms with Crippen LogP contribution >= 0.6 is 22.6 Å². The van der Waals surface area contributed by atoms with Crippen molar-refractivity contribution in [3.8, 4) is 5.75 Å². The number of amides is 1. The Hall–Kier alpha value is -2.35. The number of nitrogens with zero attached hydrogens (tertiary/aromatic N) is 3. The quantitative estimate of drug-likeness (QED) is 0.334. The van der Waals surface area contributed by atoms with Gasteiger partial charge in [0, 0.05) is 43.3 Å².